The number of rotatable bonds is 9. The van der Waals surface area contributed by atoms with Crippen molar-refractivity contribution < 1.29 is 22.0 Å². The van der Waals surface area contributed by atoms with Gasteiger partial charge in [0.05, 0.1) is 16.5 Å². The van der Waals surface area contributed by atoms with E-state index in [1.807, 2.05) is 0 Å². The molecule has 0 bridgehead atoms. The van der Waals surface area contributed by atoms with Gasteiger partial charge in [0.2, 0.25) is 10.0 Å². The van der Waals surface area contributed by atoms with E-state index in [4.69, 9.17) is 0 Å². The van der Waals surface area contributed by atoms with Crippen LogP contribution in [0.4, 0.5) is 8.78 Å². The Hall–Kier alpha value is -2.36. The summed E-state index contributed by atoms with van der Waals surface area (Å²) in [6.07, 6.45) is 0. The van der Waals surface area contributed by atoms with Gasteiger partial charge in [0.15, 0.2) is 0 Å². The molecule has 2 rings (SSSR count). The van der Waals surface area contributed by atoms with Crippen LogP contribution in [0.1, 0.15) is 35.8 Å². The summed E-state index contributed by atoms with van der Waals surface area (Å²) in [6.45, 7) is 4.01. The average Bonchev–Trinajstić information content (AvgIpc) is 2.68. The first kappa shape index (κ1) is 23.9. The maximum absolute atomic E-state index is 14.3. The van der Waals surface area contributed by atoms with E-state index in [2.05, 4.69) is 5.32 Å². The molecular weight excluding hydrogens is 412 g/mol. The molecule has 30 heavy (non-hydrogen) atoms. The number of carbonyl (C=O) groups excluding carboxylic acids is 1. The topological polar surface area (TPSA) is 69.7 Å². The van der Waals surface area contributed by atoms with E-state index in [0.29, 0.717) is 5.56 Å². The number of hydrogen-bond donors (Lipinski definition) is 1. The van der Waals surface area contributed by atoms with Crippen LogP contribution in [-0.2, 0) is 10.0 Å². The maximum atomic E-state index is 14.3. The minimum absolute atomic E-state index is 0.0851. The van der Waals surface area contributed by atoms with Crippen molar-refractivity contribution in [3.8, 4) is 0 Å². The lowest BCUT2D eigenvalue weighted by molar-refractivity contribution is 0.0937. The Balaban J connectivity index is 2.26. The fourth-order valence-corrected chi connectivity index (χ4v) is 4.63. The molecule has 0 radical (unpaired) electrons. The number of nitrogens with zero attached hydrogens (tertiary/aromatic N) is 2. The SMILES string of the molecule is CCN(CC)S(=O)(=O)c1ccc(F)c(C(=O)NCC(c2cccc(F)c2)N(C)C)c1. The summed E-state index contributed by atoms with van der Waals surface area (Å²) < 4.78 is 54.5. The van der Waals surface area contributed by atoms with Crippen LogP contribution in [0.25, 0.3) is 0 Å². The van der Waals surface area contributed by atoms with Crippen LogP contribution >= 0.6 is 0 Å². The van der Waals surface area contributed by atoms with Gasteiger partial charge in [0.1, 0.15) is 11.6 Å². The zero-order valence-corrected chi connectivity index (χ0v) is 18.3. The molecule has 2 aromatic rings. The molecule has 1 unspecified atom stereocenters. The van der Waals surface area contributed by atoms with Crippen molar-refractivity contribution in [1.29, 1.82) is 0 Å². The molecule has 0 aliphatic heterocycles. The zero-order valence-electron chi connectivity index (χ0n) is 17.5. The quantitative estimate of drug-likeness (QED) is 0.652. The summed E-state index contributed by atoms with van der Waals surface area (Å²) in [4.78, 5) is 14.3. The van der Waals surface area contributed by atoms with Crippen LogP contribution in [0.2, 0.25) is 0 Å². The Bertz CT molecular complexity index is 993. The van der Waals surface area contributed by atoms with Gasteiger partial charge in [-0.1, -0.05) is 26.0 Å². The second-order valence-electron chi connectivity index (χ2n) is 6.98. The first-order chi connectivity index (χ1) is 14.1. The third kappa shape index (κ3) is 5.41. The first-order valence-corrected chi connectivity index (χ1v) is 11.1. The Morgan fingerprint density at radius 1 is 1.07 bits per heavy atom. The van der Waals surface area contributed by atoms with Gasteiger partial charge >= 0.3 is 0 Å². The highest BCUT2D eigenvalue weighted by Crippen LogP contribution is 2.21. The van der Waals surface area contributed by atoms with Crippen molar-refractivity contribution in [2.24, 2.45) is 0 Å². The molecule has 1 atom stereocenters. The van der Waals surface area contributed by atoms with Crippen LogP contribution in [0, 0.1) is 11.6 Å². The van der Waals surface area contributed by atoms with Crippen LogP contribution in [0.15, 0.2) is 47.4 Å². The van der Waals surface area contributed by atoms with Gasteiger partial charge in [-0.3, -0.25) is 4.79 Å². The monoisotopic (exact) mass is 439 g/mol. The van der Waals surface area contributed by atoms with Crippen molar-refractivity contribution >= 4 is 15.9 Å². The van der Waals surface area contributed by atoms with E-state index in [0.717, 1.165) is 18.2 Å². The van der Waals surface area contributed by atoms with Crippen molar-refractivity contribution in [3.05, 3.63) is 65.2 Å². The molecule has 1 amide bonds. The number of nitrogens with one attached hydrogen (secondary N) is 1. The molecule has 0 heterocycles. The standard InChI is InChI=1S/C21H27F2N3O3S/c1-5-26(6-2)30(28,29)17-10-11-19(23)18(13-17)21(27)24-14-20(25(3)4)15-8-7-9-16(22)12-15/h7-13,20H,5-6,14H2,1-4H3,(H,24,27). The summed E-state index contributed by atoms with van der Waals surface area (Å²) in [7, 11) is -0.275. The number of amides is 1. The highest BCUT2D eigenvalue weighted by atomic mass is 32.2. The van der Waals surface area contributed by atoms with E-state index in [1.54, 1.807) is 45.0 Å². The minimum Gasteiger partial charge on any atom is -0.350 e. The van der Waals surface area contributed by atoms with Crippen molar-refractivity contribution in [1.82, 2.24) is 14.5 Å². The van der Waals surface area contributed by atoms with E-state index < -0.39 is 27.6 Å². The highest BCUT2D eigenvalue weighted by Gasteiger charge is 2.25. The van der Waals surface area contributed by atoms with E-state index in [9.17, 15) is 22.0 Å². The van der Waals surface area contributed by atoms with E-state index in [-0.39, 0.29) is 36.1 Å². The second kappa shape index (κ2) is 10.1. The molecular formula is C21H27F2N3O3S. The van der Waals surface area contributed by atoms with Crippen LogP contribution in [-0.4, -0.2) is 57.3 Å². The molecule has 0 aliphatic rings. The smallest absolute Gasteiger partial charge is 0.254 e. The second-order valence-corrected chi connectivity index (χ2v) is 8.91. The van der Waals surface area contributed by atoms with Gasteiger partial charge in [-0.15, -0.1) is 0 Å². The zero-order chi connectivity index (χ0) is 22.5. The molecule has 0 aliphatic carbocycles. The molecule has 0 saturated carbocycles. The summed E-state index contributed by atoms with van der Waals surface area (Å²) in [5.41, 5.74) is 0.290. The molecule has 6 nitrogen and oxygen atoms in total. The number of benzene rings is 2. The Morgan fingerprint density at radius 3 is 2.30 bits per heavy atom. The first-order valence-electron chi connectivity index (χ1n) is 9.61. The molecule has 0 spiro atoms. The number of likely N-dealkylation sites (N-methyl/N-ethyl adjacent to an activating group) is 1. The molecule has 0 fully saturated rings. The lowest BCUT2D eigenvalue weighted by Crippen LogP contribution is -2.35. The molecule has 1 N–H and O–H groups in total. The van der Waals surface area contributed by atoms with Gasteiger partial charge in [0, 0.05) is 19.6 Å². The Labute approximate surface area is 176 Å². The highest BCUT2D eigenvalue weighted by molar-refractivity contribution is 7.89. The number of carbonyl (C=O) groups is 1. The minimum atomic E-state index is -3.83. The average molecular weight is 440 g/mol. The number of hydrogen-bond acceptors (Lipinski definition) is 4. The number of sulfonamides is 1. The number of halogens is 2. The largest absolute Gasteiger partial charge is 0.350 e. The Kier molecular flexibility index (Phi) is 8.05. The maximum Gasteiger partial charge on any atom is 0.254 e. The Morgan fingerprint density at radius 2 is 1.73 bits per heavy atom. The normalized spacial score (nSPS) is 12.9. The van der Waals surface area contributed by atoms with Gasteiger partial charge in [-0.2, -0.15) is 4.31 Å². The lowest BCUT2D eigenvalue weighted by atomic mass is 10.1. The fourth-order valence-electron chi connectivity index (χ4n) is 3.15. The van der Waals surface area contributed by atoms with Gasteiger partial charge in [-0.05, 0) is 50.0 Å². The summed E-state index contributed by atoms with van der Waals surface area (Å²) in [5, 5.41) is 2.62. The summed E-state index contributed by atoms with van der Waals surface area (Å²) in [6, 6.07) is 8.82. The van der Waals surface area contributed by atoms with Gasteiger partial charge < -0.3 is 10.2 Å². The van der Waals surface area contributed by atoms with E-state index in [1.165, 1.54) is 16.4 Å². The van der Waals surface area contributed by atoms with Crippen molar-refractivity contribution in [2.75, 3.05) is 33.7 Å². The molecule has 9 heteroatoms. The van der Waals surface area contributed by atoms with Crippen LogP contribution in [0.3, 0.4) is 0 Å². The summed E-state index contributed by atoms with van der Waals surface area (Å²) in [5.74, 6) is -1.96. The predicted molar refractivity (Wildman–Crippen MR) is 112 cm³/mol. The fraction of sp³-hybridized carbons (Fsp3) is 0.381. The molecule has 0 aromatic heterocycles. The lowest BCUT2D eigenvalue weighted by Gasteiger charge is -2.25. The van der Waals surface area contributed by atoms with Gasteiger partial charge in [-0.25, -0.2) is 17.2 Å². The third-order valence-electron chi connectivity index (χ3n) is 4.84. The van der Waals surface area contributed by atoms with Crippen LogP contribution in [0.5, 0.6) is 0 Å². The van der Waals surface area contributed by atoms with Crippen molar-refractivity contribution in [3.63, 3.8) is 0 Å². The third-order valence-corrected chi connectivity index (χ3v) is 6.88. The molecule has 0 saturated heterocycles. The molecule has 164 valence electrons. The predicted octanol–water partition coefficient (Wildman–Crippen LogP) is 3.03. The summed E-state index contributed by atoms with van der Waals surface area (Å²) >= 11 is 0. The molecule has 2 aromatic carbocycles. The van der Waals surface area contributed by atoms with Crippen LogP contribution < -0.4 is 5.32 Å². The van der Waals surface area contributed by atoms with Gasteiger partial charge in [0.25, 0.3) is 5.91 Å². The van der Waals surface area contributed by atoms with Crippen molar-refractivity contribution in [2.45, 2.75) is 24.8 Å². The van der Waals surface area contributed by atoms with E-state index >= 15 is 0 Å².